The first-order chi connectivity index (χ1) is 9.06. The molecule has 6 nitrogen and oxygen atoms in total. The minimum absolute atomic E-state index is 0.0125. The number of hydrogen-bond acceptors (Lipinski definition) is 4. The van der Waals surface area contributed by atoms with Gasteiger partial charge in [0.05, 0.1) is 23.8 Å². The van der Waals surface area contributed by atoms with Crippen LogP contribution in [-0.2, 0) is 4.79 Å². The summed E-state index contributed by atoms with van der Waals surface area (Å²) in [7, 11) is 0. The zero-order valence-corrected chi connectivity index (χ0v) is 10.2. The molecule has 1 aromatic rings. The first-order valence-electron chi connectivity index (χ1n) is 5.92. The smallest absolute Gasteiger partial charge is 0.261 e. The molecule has 100 valence electrons. The van der Waals surface area contributed by atoms with E-state index in [2.05, 4.69) is 0 Å². The van der Waals surface area contributed by atoms with Crippen LogP contribution < -0.4 is 5.73 Å². The van der Waals surface area contributed by atoms with E-state index in [4.69, 9.17) is 5.73 Å². The Morgan fingerprint density at radius 1 is 1.21 bits per heavy atom. The Hall–Kier alpha value is -2.21. The number of aliphatic hydroxyl groups is 1. The number of carbonyl (C=O) groups excluding carboxylic acids is 3. The van der Waals surface area contributed by atoms with Gasteiger partial charge in [-0.15, -0.1) is 0 Å². The highest BCUT2D eigenvalue weighted by Crippen LogP contribution is 2.25. The van der Waals surface area contributed by atoms with E-state index in [0.29, 0.717) is 11.1 Å². The van der Waals surface area contributed by atoms with E-state index in [9.17, 15) is 19.5 Å². The lowest BCUT2D eigenvalue weighted by atomic mass is 10.1. The lowest BCUT2D eigenvalue weighted by Crippen LogP contribution is -2.42. The van der Waals surface area contributed by atoms with Gasteiger partial charge in [-0.1, -0.05) is 12.1 Å². The Labute approximate surface area is 109 Å². The van der Waals surface area contributed by atoms with Crippen molar-refractivity contribution in [3.8, 4) is 0 Å². The molecule has 3 amide bonds. The molecule has 1 aliphatic rings. The van der Waals surface area contributed by atoms with Crippen molar-refractivity contribution < 1.29 is 19.5 Å². The number of aliphatic hydroxyl groups excluding tert-OH is 1. The largest absolute Gasteiger partial charge is 0.394 e. The Morgan fingerprint density at radius 2 is 1.74 bits per heavy atom. The molecule has 0 bridgehead atoms. The van der Waals surface area contributed by atoms with Crippen LogP contribution in [0.3, 0.4) is 0 Å². The van der Waals surface area contributed by atoms with E-state index in [1.807, 2.05) is 0 Å². The molecule has 0 saturated heterocycles. The number of fused-ring (bicyclic) bond motifs is 1. The topological polar surface area (TPSA) is 101 Å². The van der Waals surface area contributed by atoms with Crippen LogP contribution in [0.4, 0.5) is 0 Å². The molecule has 0 spiro atoms. The number of primary amides is 1. The van der Waals surface area contributed by atoms with Gasteiger partial charge in [0.2, 0.25) is 5.91 Å². The summed E-state index contributed by atoms with van der Waals surface area (Å²) in [5.41, 5.74) is 5.69. The van der Waals surface area contributed by atoms with Crippen LogP contribution in [0, 0.1) is 0 Å². The molecule has 6 heteroatoms. The molecule has 1 atom stereocenters. The molecule has 0 fully saturated rings. The molecular weight excluding hydrogens is 248 g/mol. The fourth-order valence-corrected chi connectivity index (χ4v) is 2.15. The van der Waals surface area contributed by atoms with Gasteiger partial charge in [0.15, 0.2) is 0 Å². The predicted octanol–water partition coefficient (Wildman–Crippen LogP) is -0.0910. The highest BCUT2D eigenvalue weighted by atomic mass is 16.3. The summed E-state index contributed by atoms with van der Waals surface area (Å²) < 4.78 is 0. The molecule has 0 unspecified atom stereocenters. The van der Waals surface area contributed by atoms with Gasteiger partial charge >= 0.3 is 0 Å². The molecular formula is C13H14N2O4. The van der Waals surface area contributed by atoms with Crippen LogP contribution in [0.5, 0.6) is 0 Å². The molecule has 0 radical (unpaired) electrons. The van der Waals surface area contributed by atoms with Gasteiger partial charge in [0.25, 0.3) is 11.8 Å². The van der Waals surface area contributed by atoms with Crippen LogP contribution in [0.1, 0.15) is 33.6 Å². The molecule has 19 heavy (non-hydrogen) atoms. The summed E-state index contributed by atoms with van der Waals surface area (Å²) in [4.78, 5) is 36.0. The van der Waals surface area contributed by atoms with E-state index in [-0.39, 0.29) is 12.8 Å². The van der Waals surface area contributed by atoms with Crippen molar-refractivity contribution in [2.24, 2.45) is 5.73 Å². The average molecular weight is 262 g/mol. The summed E-state index contributed by atoms with van der Waals surface area (Å²) in [6.07, 6.45) is 0.177. The summed E-state index contributed by atoms with van der Waals surface area (Å²) in [6.45, 7) is -0.390. The van der Waals surface area contributed by atoms with E-state index in [0.717, 1.165) is 4.90 Å². The first-order valence-corrected chi connectivity index (χ1v) is 5.92. The Morgan fingerprint density at radius 3 is 2.16 bits per heavy atom. The highest BCUT2D eigenvalue weighted by Gasteiger charge is 2.39. The zero-order chi connectivity index (χ0) is 14.0. The van der Waals surface area contributed by atoms with Crippen molar-refractivity contribution >= 4 is 17.7 Å². The number of hydrogen-bond donors (Lipinski definition) is 2. The second-order valence-electron chi connectivity index (χ2n) is 4.37. The van der Waals surface area contributed by atoms with Crippen LogP contribution in [-0.4, -0.2) is 40.4 Å². The SMILES string of the molecule is NC(=O)CC[C@@H](CO)N1C(=O)c2ccccc2C1=O. The van der Waals surface area contributed by atoms with Crippen molar-refractivity contribution in [2.75, 3.05) is 6.61 Å². The number of carbonyl (C=O) groups is 3. The predicted molar refractivity (Wildman–Crippen MR) is 66.2 cm³/mol. The Bertz CT molecular complexity index is 506. The number of rotatable bonds is 5. The second kappa shape index (κ2) is 5.19. The van der Waals surface area contributed by atoms with Crippen LogP contribution in [0.15, 0.2) is 24.3 Å². The van der Waals surface area contributed by atoms with Gasteiger partial charge in [0, 0.05) is 6.42 Å². The maximum absolute atomic E-state index is 12.1. The van der Waals surface area contributed by atoms with Crippen molar-refractivity contribution in [1.82, 2.24) is 4.90 Å². The average Bonchev–Trinajstić information content (AvgIpc) is 2.65. The number of nitrogens with zero attached hydrogens (tertiary/aromatic N) is 1. The number of nitrogens with two attached hydrogens (primary N) is 1. The molecule has 2 rings (SSSR count). The van der Waals surface area contributed by atoms with Crippen LogP contribution >= 0.6 is 0 Å². The van der Waals surface area contributed by atoms with Crippen molar-refractivity contribution in [3.63, 3.8) is 0 Å². The van der Waals surface area contributed by atoms with Gasteiger partial charge in [-0.3, -0.25) is 19.3 Å². The lowest BCUT2D eigenvalue weighted by molar-refractivity contribution is -0.118. The minimum atomic E-state index is -0.722. The fraction of sp³-hybridized carbons (Fsp3) is 0.308. The van der Waals surface area contributed by atoms with Crippen molar-refractivity contribution in [2.45, 2.75) is 18.9 Å². The maximum Gasteiger partial charge on any atom is 0.261 e. The molecule has 1 aliphatic heterocycles. The van der Waals surface area contributed by atoms with Gasteiger partial charge in [0.1, 0.15) is 0 Å². The molecule has 1 aromatic carbocycles. The van der Waals surface area contributed by atoms with Crippen LogP contribution in [0.25, 0.3) is 0 Å². The second-order valence-corrected chi connectivity index (χ2v) is 4.37. The molecule has 1 heterocycles. The maximum atomic E-state index is 12.1. The molecule has 0 saturated carbocycles. The highest BCUT2D eigenvalue weighted by molar-refractivity contribution is 6.21. The first kappa shape index (κ1) is 13.2. The van der Waals surface area contributed by atoms with Gasteiger partial charge in [-0.25, -0.2) is 0 Å². The number of amides is 3. The number of imide groups is 1. The summed E-state index contributed by atoms with van der Waals surface area (Å²) >= 11 is 0. The van der Waals surface area contributed by atoms with Gasteiger partial charge < -0.3 is 10.8 Å². The Kier molecular flexibility index (Phi) is 3.62. The zero-order valence-electron chi connectivity index (χ0n) is 10.2. The third-order valence-corrected chi connectivity index (χ3v) is 3.13. The third-order valence-electron chi connectivity index (χ3n) is 3.13. The fourth-order valence-electron chi connectivity index (χ4n) is 2.15. The lowest BCUT2D eigenvalue weighted by Gasteiger charge is -2.23. The summed E-state index contributed by atoms with van der Waals surface area (Å²) in [6, 6.07) is 5.76. The quantitative estimate of drug-likeness (QED) is 0.724. The van der Waals surface area contributed by atoms with E-state index in [1.165, 1.54) is 0 Å². The minimum Gasteiger partial charge on any atom is -0.394 e. The Balaban J connectivity index is 2.24. The summed E-state index contributed by atoms with van der Waals surface area (Å²) in [5.74, 6) is -1.41. The molecule has 3 N–H and O–H groups in total. The van der Waals surface area contributed by atoms with Gasteiger partial charge in [-0.2, -0.15) is 0 Å². The molecule has 0 aromatic heterocycles. The number of benzene rings is 1. The summed E-state index contributed by atoms with van der Waals surface area (Å²) in [5, 5.41) is 9.32. The van der Waals surface area contributed by atoms with Crippen molar-refractivity contribution in [1.29, 1.82) is 0 Å². The normalized spacial score (nSPS) is 15.5. The van der Waals surface area contributed by atoms with Crippen LogP contribution in [0.2, 0.25) is 0 Å². The van der Waals surface area contributed by atoms with E-state index in [1.54, 1.807) is 24.3 Å². The van der Waals surface area contributed by atoms with E-state index >= 15 is 0 Å². The van der Waals surface area contributed by atoms with Crippen molar-refractivity contribution in [3.05, 3.63) is 35.4 Å². The standard InChI is InChI=1S/C13H14N2O4/c14-11(17)6-5-8(7-16)15-12(18)9-3-1-2-4-10(9)13(15)19/h1-4,8,16H,5-7H2,(H2,14,17)/t8-/m0/s1. The molecule has 0 aliphatic carbocycles. The third kappa shape index (κ3) is 2.34. The monoisotopic (exact) mass is 262 g/mol. The van der Waals surface area contributed by atoms with Gasteiger partial charge in [-0.05, 0) is 18.6 Å². The van der Waals surface area contributed by atoms with E-state index < -0.39 is 30.4 Å².